The topological polar surface area (TPSA) is 89.9 Å². The average Bonchev–Trinajstić information content (AvgIpc) is 3.17. The van der Waals surface area contributed by atoms with Gasteiger partial charge in [0.1, 0.15) is 11.9 Å². The monoisotopic (exact) mass is 335 g/mol. The number of benzene rings is 1. The number of urea groups is 1. The molecule has 24 heavy (non-hydrogen) atoms. The molecule has 8 heteroatoms. The average molecular weight is 335 g/mol. The van der Waals surface area contributed by atoms with Crippen LogP contribution in [0.15, 0.2) is 24.3 Å². The van der Waals surface area contributed by atoms with Crippen LogP contribution in [0.1, 0.15) is 12.8 Å². The van der Waals surface area contributed by atoms with Crippen LogP contribution in [0.2, 0.25) is 0 Å². The highest BCUT2D eigenvalue weighted by molar-refractivity contribution is 6.01. The van der Waals surface area contributed by atoms with Crippen LogP contribution >= 0.6 is 0 Å². The fourth-order valence-corrected chi connectivity index (χ4v) is 3.11. The van der Waals surface area contributed by atoms with Crippen molar-refractivity contribution in [2.45, 2.75) is 18.9 Å². The van der Waals surface area contributed by atoms with Crippen molar-refractivity contribution >= 4 is 23.6 Å². The van der Waals surface area contributed by atoms with Crippen molar-refractivity contribution in [3.63, 3.8) is 0 Å². The second kappa shape index (κ2) is 6.46. The van der Waals surface area contributed by atoms with Gasteiger partial charge in [0.25, 0.3) is 0 Å². The largest absolute Gasteiger partial charge is 0.481 e. The number of nitrogens with one attached hydrogen (secondary N) is 1. The Bertz CT molecular complexity index is 681. The lowest BCUT2D eigenvalue weighted by Gasteiger charge is -2.21. The molecular weight excluding hydrogens is 317 g/mol. The number of hydrogen-bond donors (Lipinski definition) is 2. The quantitative estimate of drug-likeness (QED) is 0.864. The molecule has 2 fully saturated rings. The molecule has 2 saturated heterocycles. The summed E-state index contributed by atoms with van der Waals surface area (Å²) in [7, 11) is 0. The molecule has 0 aliphatic carbocycles. The Hall–Kier alpha value is -2.64. The molecule has 2 atom stereocenters. The minimum absolute atomic E-state index is 0.138. The van der Waals surface area contributed by atoms with Gasteiger partial charge in [0.05, 0.1) is 11.6 Å². The molecular formula is C16H18FN3O4. The predicted molar refractivity (Wildman–Crippen MR) is 83.0 cm³/mol. The van der Waals surface area contributed by atoms with Gasteiger partial charge in [0.15, 0.2) is 0 Å². The third kappa shape index (κ3) is 3.04. The van der Waals surface area contributed by atoms with Crippen LogP contribution < -0.4 is 10.2 Å². The van der Waals surface area contributed by atoms with Gasteiger partial charge in [-0.2, -0.15) is 0 Å². The predicted octanol–water partition coefficient (Wildman–Crippen LogP) is 1.05. The number of rotatable bonds is 3. The number of nitrogens with zero attached hydrogens (tertiary/aromatic N) is 2. The molecule has 3 amide bonds. The van der Waals surface area contributed by atoms with E-state index in [0.717, 1.165) is 0 Å². The Morgan fingerprint density at radius 3 is 2.62 bits per heavy atom. The standard InChI is InChI=1S/C16H18FN3O4/c17-11-3-1-2-4-13(11)20-8-6-12(14(20)21)18-16(24)19-7-5-10(9-19)15(22)23/h1-4,10,12H,5-9H2,(H,18,24)(H,22,23). The number of carboxylic acid groups (broad SMARTS) is 1. The number of likely N-dealkylation sites (tertiary alicyclic amines) is 1. The number of para-hydroxylation sites is 1. The molecule has 2 aliphatic heterocycles. The molecule has 3 rings (SSSR count). The van der Waals surface area contributed by atoms with E-state index < -0.39 is 29.8 Å². The third-order valence-electron chi connectivity index (χ3n) is 4.47. The van der Waals surface area contributed by atoms with Crippen LogP contribution in [0.3, 0.4) is 0 Å². The molecule has 1 aromatic carbocycles. The summed E-state index contributed by atoms with van der Waals surface area (Å²) >= 11 is 0. The molecule has 0 saturated carbocycles. The number of carbonyl (C=O) groups is 3. The Morgan fingerprint density at radius 1 is 1.21 bits per heavy atom. The Kier molecular flexibility index (Phi) is 4.37. The van der Waals surface area contributed by atoms with E-state index in [0.29, 0.717) is 25.9 Å². The lowest BCUT2D eigenvalue weighted by molar-refractivity contribution is -0.141. The van der Waals surface area contributed by atoms with E-state index in [1.54, 1.807) is 12.1 Å². The molecule has 128 valence electrons. The number of aliphatic carboxylic acids is 1. The summed E-state index contributed by atoms with van der Waals surface area (Å²) in [4.78, 5) is 38.3. The van der Waals surface area contributed by atoms with E-state index in [1.807, 2.05) is 0 Å². The van der Waals surface area contributed by atoms with Crippen molar-refractivity contribution in [3.8, 4) is 0 Å². The van der Waals surface area contributed by atoms with Gasteiger partial charge in [-0.05, 0) is 25.0 Å². The van der Waals surface area contributed by atoms with Crippen molar-refractivity contribution in [2.75, 3.05) is 24.5 Å². The molecule has 7 nitrogen and oxygen atoms in total. The third-order valence-corrected chi connectivity index (χ3v) is 4.47. The van der Waals surface area contributed by atoms with Gasteiger partial charge in [0.2, 0.25) is 5.91 Å². The smallest absolute Gasteiger partial charge is 0.318 e. The molecule has 1 aromatic rings. The summed E-state index contributed by atoms with van der Waals surface area (Å²) < 4.78 is 13.8. The van der Waals surface area contributed by atoms with E-state index in [2.05, 4.69) is 5.32 Å². The lowest BCUT2D eigenvalue weighted by Crippen LogP contribution is -2.47. The van der Waals surface area contributed by atoms with Gasteiger partial charge in [-0.25, -0.2) is 9.18 Å². The van der Waals surface area contributed by atoms with Crippen LogP contribution in [0.5, 0.6) is 0 Å². The zero-order valence-electron chi connectivity index (χ0n) is 12.9. The fraction of sp³-hybridized carbons (Fsp3) is 0.438. The summed E-state index contributed by atoms with van der Waals surface area (Å²) in [5.74, 6) is -2.33. The number of amides is 3. The molecule has 0 radical (unpaired) electrons. The molecule has 0 spiro atoms. The van der Waals surface area contributed by atoms with Crippen molar-refractivity contribution in [3.05, 3.63) is 30.1 Å². The first-order valence-electron chi connectivity index (χ1n) is 7.81. The summed E-state index contributed by atoms with van der Waals surface area (Å²) in [6, 6.07) is 4.83. The Balaban J connectivity index is 1.61. The van der Waals surface area contributed by atoms with Gasteiger partial charge in [0, 0.05) is 19.6 Å². The zero-order chi connectivity index (χ0) is 17.3. The van der Waals surface area contributed by atoms with Crippen LogP contribution in [0, 0.1) is 11.7 Å². The summed E-state index contributed by atoms with van der Waals surface area (Å²) in [6.45, 7) is 0.808. The number of halogens is 1. The molecule has 2 heterocycles. The highest BCUT2D eigenvalue weighted by Crippen LogP contribution is 2.25. The highest BCUT2D eigenvalue weighted by atomic mass is 19.1. The van der Waals surface area contributed by atoms with E-state index in [4.69, 9.17) is 5.11 Å². The first kappa shape index (κ1) is 16.2. The normalized spacial score (nSPS) is 23.6. The van der Waals surface area contributed by atoms with E-state index in [9.17, 15) is 18.8 Å². The van der Waals surface area contributed by atoms with Crippen molar-refractivity contribution in [1.82, 2.24) is 10.2 Å². The van der Waals surface area contributed by atoms with Crippen LogP contribution in [0.4, 0.5) is 14.9 Å². The van der Waals surface area contributed by atoms with E-state index in [1.165, 1.54) is 21.9 Å². The zero-order valence-corrected chi connectivity index (χ0v) is 12.9. The lowest BCUT2D eigenvalue weighted by atomic mass is 10.1. The second-order valence-electron chi connectivity index (χ2n) is 6.00. The second-order valence-corrected chi connectivity index (χ2v) is 6.00. The number of anilines is 1. The maximum Gasteiger partial charge on any atom is 0.318 e. The first-order chi connectivity index (χ1) is 11.5. The van der Waals surface area contributed by atoms with E-state index in [-0.39, 0.29) is 18.1 Å². The summed E-state index contributed by atoms with van der Waals surface area (Å²) in [5, 5.41) is 11.6. The number of hydrogen-bond acceptors (Lipinski definition) is 3. The summed E-state index contributed by atoms with van der Waals surface area (Å²) in [5.41, 5.74) is 0.200. The molecule has 0 aromatic heterocycles. The van der Waals surface area contributed by atoms with Gasteiger partial charge in [-0.15, -0.1) is 0 Å². The molecule has 2 N–H and O–H groups in total. The first-order valence-corrected chi connectivity index (χ1v) is 7.81. The van der Waals surface area contributed by atoms with Gasteiger partial charge in [-0.3, -0.25) is 9.59 Å². The molecule has 2 aliphatic rings. The summed E-state index contributed by atoms with van der Waals surface area (Å²) in [6.07, 6.45) is 0.790. The van der Waals surface area contributed by atoms with Gasteiger partial charge in [-0.1, -0.05) is 12.1 Å². The Morgan fingerprint density at radius 2 is 1.96 bits per heavy atom. The minimum atomic E-state index is -0.923. The number of carbonyl (C=O) groups excluding carboxylic acids is 2. The van der Waals surface area contributed by atoms with Crippen molar-refractivity contribution < 1.29 is 23.9 Å². The fourth-order valence-electron chi connectivity index (χ4n) is 3.11. The Labute approximate surface area is 138 Å². The van der Waals surface area contributed by atoms with E-state index >= 15 is 0 Å². The van der Waals surface area contributed by atoms with Crippen molar-refractivity contribution in [2.24, 2.45) is 5.92 Å². The van der Waals surface area contributed by atoms with Crippen LogP contribution in [0.25, 0.3) is 0 Å². The maximum atomic E-state index is 13.8. The van der Waals surface area contributed by atoms with Crippen LogP contribution in [-0.2, 0) is 9.59 Å². The minimum Gasteiger partial charge on any atom is -0.481 e. The molecule has 0 bridgehead atoms. The van der Waals surface area contributed by atoms with Crippen LogP contribution in [-0.4, -0.2) is 53.6 Å². The van der Waals surface area contributed by atoms with Crippen molar-refractivity contribution in [1.29, 1.82) is 0 Å². The SMILES string of the molecule is O=C(O)C1CCN(C(=O)NC2CCN(c3ccccc3F)C2=O)C1. The number of carboxylic acids is 1. The maximum absolute atomic E-state index is 13.8. The molecule has 2 unspecified atom stereocenters. The highest BCUT2D eigenvalue weighted by Gasteiger charge is 2.37. The van der Waals surface area contributed by atoms with Gasteiger partial charge < -0.3 is 20.2 Å². The van der Waals surface area contributed by atoms with Gasteiger partial charge >= 0.3 is 12.0 Å².